The molecule has 0 aliphatic heterocycles. The third kappa shape index (κ3) is 0.986. The molecular formula is C6H4N4O2. The Hall–Kier alpha value is -1.98. The Morgan fingerprint density at radius 3 is 2.75 bits per heavy atom. The van der Waals surface area contributed by atoms with Gasteiger partial charge in [0.2, 0.25) is 0 Å². The first-order valence-electron chi connectivity index (χ1n) is 3.20. The van der Waals surface area contributed by atoms with Crippen LogP contribution in [0.4, 0.5) is 0 Å². The Labute approximate surface area is 65.3 Å². The van der Waals surface area contributed by atoms with Gasteiger partial charge in [-0.3, -0.25) is 9.78 Å². The molecule has 0 aliphatic rings. The fraction of sp³-hybridized carbons (Fsp3) is 0. The van der Waals surface area contributed by atoms with Gasteiger partial charge in [0.05, 0.1) is 12.4 Å². The second-order valence-electron chi connectivity index (χ2n) is 2.20. The molecule has 0 radical (unpaired) electrons. The van der Waals surface area contributed by atoms with E-state index in [1.165, 1.54) is 6.20 Å². The fourth-order valence-electron chi connectivity index (χ4n) is 0.864. The molecule has 0 amide bonds. The van der Waals surface area contributed by atoms with E-state index in [4.69, 9.17) is 0 Å². The van der Waals surface area contributed by atoms with Crippen LogP contribution in [0.3, 0.4) is 0 Å². The summed E-state index contributed by atoms with van der Waals surface area (Å²) in [7, 11) is 0. The van der Waals surface area contributed by atoms with Crippen LogP contribution >= 0.6 is 0 Å². The molecule has 0 fully saturated rings. The molecule has 0 saturated carbocycles. The molecule has 0 aliphatic carbocycles. The maximum absolute atomic E-state index is 10.7. The van der Waals surface area contributed by atoms with Crippen LogP contribution in [0.5, 0.6) is 0 Å². The van der Waals surface area contributed by atoms with E-state index in [9.17, 15) is 9.59 Å². The number of hydrogen-bond acceptors (Lipinski definition) is 4. The second-order valence-corrected chi connectivity index (χ2v) is 2.20. The van der Waals surface area contributed by atoms with Crippen molar-refractivity contribution in [3.63, 3.8) is 0 Å². The zero-order valence-corrected chi connectivity index (χ0v) is 5.87. The number of aromatic nitrogens is 4. The number of aromatic amines is 2. The molecule has 6 nitrogen and oxygen atoms in total. The molecule has 0 spiro atoms. The van der Waals surface area contributed by atoms with Gasteiger partial charge in [0.15, 0.2) is 0 Å². The fourth-order valence-corrected chi connectivity index (χ4v) is 0.864. The van der Waals surface area contributed by atoms with Gasteiger partial charge in [-0.2, -0.15) is 4.98 Å². The maximum Gasteiger partial charge on any atom is 0.346 e. The Morgan fingerprint density at radius 1 is 1.08 bits per heavy atom. The van der Waals surface area contributed by atoms with Gasteiger partial charge in [-0.1, -0.05) is 0 Å². The lowest BCUT2D eigenvalue weighted by atomic mass is 10.5. The highest BCUT2D eigenvalue weighted by Crippen LogP contribution is 1.94. The minimum atomic E-state index is -0.508. The third-order valence-electron chi connectivity index (χ3n) is 1.36. The highest BCUT2D eigenvalue weighted by molar-refractivity contribution is 5.66. The van der Waals surface area contributed by atoms with Crippen molar-refractivity contribution in [2.45, 2.75) is 0 Å². The molecule has 2 aromatic rings. The molecule has 2 aromatic heterocycles. The predicted octanol–water partition coefficient (Wildman–Crippen LogP) is -0.994. The molecule has 0 bridgehead atoms. The van der Waals surface area contributed by atoms with Crippen LogP contribution in [0.1, 0.15) is 0 Å². The standard InChI is InChI=1S/C6H4N4O2/c11-4-2-7-3-1-8-6(12)10-5(3)9-4/h1-2H,(H2,8,9,10,11,12). The summed E-state index contributed by atoms with van der Waals surface area (Å²) in [6, 6.07) is 0. The van der Waals surface area contributed by atoms with E-state index in [2.05, 4.69) is 19.9 Å². The van der Waals surface area contributed by atoms with E-state index in [0.717, 1.165) is 6.20 Å². The summed E-state index contributed by atoms with van der Waals surface area (Å²) in [5, 5.41) is 0. The van der Waals surface area contributed by atoms with Crippen molar-refractivity contribution in [3.05, 3.63) is 33.2 Å². The molecule has 0 unspecified atom stereocenters. The van der Waals surface area contributed by atoms with Gasteiger partial charge in [-0.15, -0.1) is 0 Å². The molecule has 0 atom stereocenters. The maximum atomic E-state index is 10.7. The van der Waals surface area contributed by atoms with Crippen LogP contribution in [-0.4, -0.2) is 19.9 Å². The number of nitrogens with one attached hydrogen (secondary N) is 2. The van der Waals surface area contributed by atoms with Crippen molar-refractivity contribution in [1.29, 1.82) is 0 Å². The SMILES string of the molecule is O=c1cnc2cnc(=O)[nH]c2[nH]1. The van der Waals surface area contributed by atoms with Crippen molar-refractivity contribution in [2.24, 2.45) is 0 Å². The molecule has 2 N–H and O–H groups in total. The molecular weight excluding hydrogens is 160 g/mol. The van der Waals surface area contributed by atoms with Crippen LogP contribution in [0, 0.1) is 0 Å². The first kappa shape index (κ1) is 6.71. The van der Waals surface area contributed by atoms with Gasteiger partial charge in [-0.05, 0) is 0 Å². The number of rotatable bonds is 0. The smallest absolute Gasteiger partial charge is 0.305 e. The van der Waals surface area contributed by atoms with Gasteiger partial charge in [-0.25, -0.2) is 9.78 Å². The first-order valence-corrected chi connectivity index (χ1v) is 3.20. The van der Waals surface area contributed by atoms with E-state index in [1.54, 1.807) is 0 Å². The van der Waals surface area contributed by atoms with Crippen molar-refractivity contribution >= 4 is 11.2 Å². The average molecular weight is 164 g/mol. The molecule has 60 valence electrons. The Kier molecular flexibility index (Phi) is 1.26. The first-order chi connectivity index (χ1) is 5.75. The summed E-state index contributed by atoms with van der Waals surface area (Å²) < 4.78 is 0. The molecule has 0 aromatic carbocycles. The summed E-state index contributed by atoms with van der Waals surface area (Å²) in [5.41, 5.74) is -0.118. The molecule has 2 rings (SSSR count). The second kappa shape index (κ2) is 2.26. The summed E-state index contributed by atoms with van der Waals surface area (Å²) in [6.45, 7) is 0. The minimum absolute atomic E-state index is 0.294. The average Bonchev–Trinajstić information content (AvgIpc) is 2.03. The number of hydrogen-bond donors (Lipinski definition) is 2. The molecule has 0 saturated heterocycles. The predicted molar refractivity (Wildman–Crippen MR) is 40.8 cm³/mol. The minimum Gasteiger partial charge on any atom is -0.305 e. The summed E-state index contributed by atoms with van der Waals surface area (Å²) in [6.07, 6.45) is 2.42. The Balaban J connectivity index is 2.98. The lowest BCUT2D eigenvalue weighted by Gasteiger charge is -1.91. The van der Waals surface area contributed by atoms with Crippen molar-refractivity contribution in [3.8, 4) is 0 Å². The van der Waals surface area contributed by atoms with E-state index >= 15 is 0 Å². The lowest BCUT2D eigenvalue weighted by Crippen LogP contribution is -2.14. The van der Waals surface area contributed by atoms with Crippen LogP contribution in [0.15, 0.2) is 22.0 Å². The zero-order valence-electron chi connectivity index (χ0n) is 5.87. The van der Waals surface area contributed by atoms with Crippen LogP contribution in [-0.2, 0) is 0 Å². The van der Waals surface area contributed by atoms with Crippen molar-refractivity contribution < 1.29 is 0 Å². The van der Waals surface area contributed by atoms with Crippen LogP contribution in [0.2, 0.25) is 0 Å². The number of fused-ring (bicyclic) bond motifs is 1. The van der Waals surface area contributed by atoms with E-state index < -0.39 is 5.69 Å². The van der Waals surface area contributed by atoms with Gasteiger partial charge in [0.25, 0.3) is 5.56 Å². The zero-order chi connectivity index (χ0) is 8.55. The highest BCUT2D eigenvalue weighted by atomic mass is 16.1. The number of nitrogens with zero attached hydrogens (tertiary/aromatic N) is 2. The van der Waals surface area contributed by atoms with E-state index in [1.807, 2.05) is 0 Å². The summed E-state index contributed by atoms with van der Waals surface area (Å²) in [5.74, 6) is 0. The highest BCUT2D eigenvalue weighted by Gasteiger charge is 1.95. The van der Waals surface area contributed by atoms with Gasteiger partial charge in [0.1, 0.15) is 11.2 Å². The third-order valence-corrected chi connectivity index (χ3v) is 1.36. The van der Waals surface area contributed by atoms with Crippen molar-refractivity contribution in [1.82, 2.24) is 19.9 Å². The molecule has 12 heavy (non-hydrogen) atoms. The Morgan fingerprint density at radius 2 is 1.92 bits per heavy atom. The summed E-state index contributed by atoms with van der Waals surface area (Å²) >= 11 is 0. The molecule has 6 heteroatoms. The Bertz CT molecular complexity index is 482. The summed E-state index contributed by atoms with van der Waals surface area (Å²) in [4.78, 5) is 33.4. The van der Waals surface area contributed by atoms with Crippen LogP contribution < -0.4 is 11.2 Å². The van der Waals surface area contributed by atoms with Gasteiger partial charge in [0, 0.05) is 0 Å². The quantitative estimate of drug-likeness (QED) is 0.522. The largest absolute Gasteiger partial charge is 0.346 e. The van der Waals surface area contributed by atoms with Crippen molar-refractivity contribution in [2.75, 3.05) is 0 Å². The normalized spacial score (nSPS) is 10.3. The topological polar surface area (TPSA) is 91.5 Å². The lowest BCUT2D eigenvalue weighted by molar-refractivity contribution is 1.06. The molecule has 2 heterocycles. The van der Waals surface area contributed by atoms with E-state index in [0.29, 0.717) is 11.2 Å². The van der Waals surface area contributed by atoms with Gasteiger partial charge < -0.3 is 4.98 Å². The number of H-pyrrole nitrogens is 2. The monoisotopic (exact) mass is 164 g/mol. The van der Waals surface area contributed by atoms with Gasteiger partial charge >= 0.3 is 5.69 Å². The van der Waals surface area contributed by atoms with E-state index in [-0.39, 0.29) is 5.56 Å². The van der Waals surface area contributed by atoms with Crippen LogP contribution in [0.25, 0.3) is 11.2 Å².